The molecule has 1 aliphatic heterocycles. The van der Waals surface area contributed by atoms with Gasteiger partial charge in [-0.25, -0.2) is 0 Å². The van der Waals surface area contributed by atoms with Crippen LogP contribution in [0.15, 0.2) is 6.20 Å². The number of nitrogens with two attached hydrogens (primary N) is 3. The molecule has 2 aliphatic rings. The zero-order chi connectivity index (χ0) is 36.4. The smallest absolute Gasteiger partial charge is 0.256 e. The van der Waals surface area contributed by atoms with Gasteiger partial charge in [0.25, 0.3) is 5.91 Å². The molecule has 0 aromatic carbocycles. The molecule has 8 N–H and O–H groups in total. The highest BCUT2D eigenvalue weighted by Crippen LogP contribution is 2.32. The van der Waals surface area contributed by atoms with Crippen LogP contribution >= 0.6 is 0 Å². The molecule has 2 heterocycles. The largest absolute Gasteiger partial charge is 0.391 e. The lowest BCUT2D eigenvalue weighted by Gasteiger charge is -2.31. The van der Waals surface area contributed by atoms with E-state index in [0.717, 1.165) is 12.8 Å². The van der Waals surface area contributed by atoms with Crippen molar-refractivity contribution >= 4 is 23.4 Å². The second kappa shape index (κ2) is 19.0. The predicted molar refractivity (Wildman–Crippen MR) is 190 cm³/mol. The molecule has 1 aliphatic carbocycles. The van der Waals surface area contributed by atoms with Gasteiger partial charge in [0.15, 0.2) is 11.6 Å². The van der Waals surface area contributed by atoms with Crippen molar-refractivity contribution in [3.05, 3.63) is 28.6 Å². The minimum atomic E-state index is -1.02. The van der Waals surface area contributed by atoms with Gasteiger partial charge in [0, 0.05) is 42.4 Å². The normalized spacial score (nSPS) is 19.6. The van der Waals surface area contributed by atoms with Crippen LogP contribution in [0, 0.1) is 29.6 Å². The summed E-state index contributed by atoms with van der Waals surface area (Å²) in [4.78, 5) is 62.3. The second-order valence-corrected chi connectivity index (χ2v) is 15.0. The van der Waals surface area contributed by atoms with Crippen LogP contribution in [-0.4, -0.2) is 88.9 Å². The van der Waals surface area contributed by atoms with Crippen molar-refractivity contribution in [2.75, 3.05) is 26.3 Å². The Labute approximate surface area is 292 Å². The Morgan fingerprint density at radius 2 is 1.57 bits per heavy atom. The number of amides is 2. The summed E-state index contributed by atoms with van der Waals surface area (Å²) in [7, 11) is 0. The van der Waals surface area contributed by atoms with Crippen LogP contribution in [0.2, 0.25) is 0 Å². The monoisotopic (exact) mass is 686 g/mol. The lowest BCUT2D eigenvalue weighted by atomic mass is 9.78. The molecular weight excluding hydrogens is 624 g/mol. The molecule has 2 fully saturated rings. The van der Waals surface area contributed by atoms with Gasteiger partial charge in [-0.1, -0.05) is 80.1 Å². The fraction of sp³-hybridized carbons (Fsp3) is 0.757. The topological polar surface area (TPSA) is 204 Å². The molecule has 0 bridgehead atoms. The number of aromatic nitrogens is 1. The third-order valence-electron chi connectivity index (χ3n) is 10.7. The van der Waals surface area contributed by atoms with Gasteiger partial charge in [-0.15, -0.1) is 0 Å². The highest BCUT2D eigenvalue weighted by molar-refractivity contribution is 6.17. The molecule has 12 nitrogen and oxygen atoms in total. The van der Waals surface area contributed by atoms with Crippen molar-refractivity contribution in [1.82, 2.24) is 15.2 Å². The van der Waals surface area contributed by atoms with E-state index in [1.165, 1.54) is 25.5 Å². The highest BCUT2D eigenvalue weighted by atomic mass is 16.5. The molecule has 0 radical (unpaired) electrons. The van der Waals surface area contributed by atoms with E-state index in [1.54, 1.807) is 18.7 Å². The molecule has 3 rings (SSSR count). The maximum absolute atomic E-state index is 14.6. The number of carbonyl (C=O) groups is 4. The minimum Gasteiger partial charge on any atom is -0.391 e. The number of ether oxygens (including phenoxy) is 1. The number of carbonyl (C=O) groups excluding carboxylic acids is 4. The van der Waals surface area contributed by atoms with E-state index >= 15 is 0 Å². The van der Waals surface area contributed by atoms with Gasteiger partial charge in [-0.05, 0) is 36.5 Å². The molecule has 1 unspecified atom stereocenters. The first-order valence-corrected chi connectivity index (χ1v) is 18.4. The number of rotatable bonds is 17. The molecule has 49 heavy (non-hydrogen) atoms. The van der Waals surface area contributed by atoms with Crippen LogP contribution in [-0.2, 0) is 16.1 Å². The molecule has 6 atom stereocenters. The van der Waals surface area contributed by atoms with Gasteiger partial charge in [0.2, 0.25) is 5.91 Å². The second-order valence-electron chi connectivity index (χ2n) is 15.0. The first-order chi connectivity index (χ1) is 23.2. The number of nitrogens with one attached hydrogen (secondary N) is 1. The minimum absolute atomic E-state index is 0.0177. The zero-order valence-electron chi connectivity index (χ0n) is 30.6. The molecule has 2 amide bonds. The molecule has 1 saturated carbocycles. The average molecular weight is 687 g/mol. The van der Waals surface area contributed by atoms with E-state index < -0.39 is 53.5 Å². The molecular formula is C37H62N6O6. The third kappa shape index (κ3) is 10.6. The van der Waals surface area contributed by atoms with Crippen molar-refractivity contribution in [3.8, 4) is 0 Å². The number of pyridine rings is 1. The summed E-state index contributed by atoms with van der Waals surface area (Å²) >= 11 is 0. The number of ketones is 2. The lowest BCUT2D eigenvalue weighted by molar-refractivity contribution is -0.123. The van der Waals surface area contributed by atoms with Gasteiger partial charge in [0.1, 0.15) is 0 Å². The van der Waals surface area contributed by atoms with Crippen LogP contribution in [0.3, 0.4) is 0 Å². The molecule has 1 saturated heterocycles. The highest BCUT2D eigenvalue weighted by Gasteiger charge is 2.38. The van der Waals surface area contributed by atoms with Gasteiger partial charge in [-0.3, -0.25) is 24.2 Å². The number of hydrogen-bond acceptors (Lipinski definition) is 10. The van der Waals surface area contributed by atoms with E-state index in [4.69, 9.17) is 21.9 Å². The van der Waals surface area contributed by atoms with Crippen molar-refractivity contribution in [3.63, 3.8) is 0 Å². The van der Waals surface area contributed by atoms with Crippen LogP contribution < -0.4 is 22.5 Å². The molecule has 12 heteroatoms. The standard InChI is InChI=1S/C37H62N6O6/c1-7-23(6)33(40)36(47)42-20-28-31(37(48)43-13-15-49-16-14-43)30(35(46)32(39)22(4)5)26(19-41-28)34(45)25(21(2)3)18-29(44)27(38)17-24-11-9-8-10-12-24/h19,21-25,27,29,32-33,44H,7-18,20,38-40H2,1-6H3,(H,42,47)/t23-,25?,27-,29-,32-,33-/m0/s1. The Bertz CT molecular complexity index is 1280. The summed E-state index contributed by atoms with van der Waals surface area (Å²) in [5.41, 5.74) is 19.1. The summed E-state index contributed by atoms with van der Waals surface area (Å²) in [6.07, 6.45) is 7.62. The van der Waals surface area contributed by atoms with E-state index in [-0.39, 0.29) is 66.2 Å². The van der Waals surface area contributed by atoms with E-state index in [0.29, 0.717) is 32.0 Å². The molecule has 1 aromatic rings. The quantitative estimate of drug-likeness (QED) is 0.151. The number of Topliss-reactive ketones (excluding diaryl/α,β-unsaturated/α-hetero) is 2. The van der Waals surface area contributed by atoms with Crippen molar-refractivity contribution < 1.29 is 29.0 Å². The zero-order valence-corrected chi connectivity index (χ0v) is 30.6. The SMILES string of the molecule is CC[C@H](C)[C@H](N)C(=O)NCc1ncc(C(=O)C(C[C@H](O)[C@@H](N)CC2CCCCC2)C(C)C)c(C(=O)[C@@H](N)C(C)C)c1C(=O)N1CCOCC1. The van der Waals surface area contributed by atoms with Crippen molar-refractivity contribution in [1.29, 1.82) is 0 Å². The Kier molecular flexibility index (Phi) is 15.8. The van der Waals surface area contributed by atoms with Gasteiger partial charge >= 0.3 is 0 Å². The predicted octanol–water partition coefficient (Wildman–Crippen LogP) is 3.21. The van der Waals surface area contributed by atoms with E-state index in [2.05, 4.69) is 10.3 Å². The van der Waals surface area contributed by atoms with E-state index in [1.807, 2.05) is 27.7 Å². The Balaban J connectivity index is 2.09. The van der Waals surface area contributed by atoms with Gasteiger partial charge in [0.05, 0.1) is 49.2 Å². The fourth-order valence-corrected chi connectivity index (χ4v) is 6.83. The number of aliphatic hydroxyl groups is 1. The third-order valence-corrected chi connectivity index (χ3v) is 10.7. The Morgan fingerprint density at radius 3 is 2.14 bits per heavy atom. The number of hydrogen-bond donors (Lipinski definition) is 5. The van der Waals surface area contributed by atoms with Gasteiger partial charge < -0.3 is 37.3 Å². The van der Waals surface area contributed by atoms with Crippen LogP contribution in [0.1, 0.15) is 130 Å². The maximum Gasteiger partial charge on any atom is 0.256 e. The summed E-state index contributed by atoms with van der Waals surface area (Å²) in [5, 5.41) is 14.1. The van der Waals surface area contributed by atoms with Crippen molar-refractivity contribution in [2.45, 2.75) is 124 Å². The maximum atomic E-state index is 14.6. The van der Waals surface area contributed by atoms with Crippen LogP contribution in [0.25, 0.3) is 0 Å². The number of morpholine rings is 1. The van der Waals surface area contributed by atoms with Crippen LogP contribution in [0.4, 0.5) is 0 Å². The summed E-state index contributed by atoms with van der Waals surface area (Å²) < 4.78 is 5.47. The van der Waals surface area contributed by atoms with Crippen LogP contribution in [0.5, 0.6) is 0 Å². The van der Waals surface area contributed by atoms with Crippen molar-refractivity contribution in [2.24, 2.45) is 46.8 Å². The average Bonchev–Trinajstić information content (AvgIpc) is 3.10. The first-order valence-electron chi connectivity index (χ1n) is 18.4. The summed E-state index contributed by atoms with van der Waals surface area (Å²) in [6, 6.07) is -2.28. The molecule has 276 valence electrons. The fourth-order valence-electron chi connectivity index (χ4n) is 6.83. The number of nitrogens with zero attached hydrogens (tertiary/aromatic N) is 2. The number of aliphatic hydroxyl groups excluding tert-OH is 1. The molecule has 0 spiro atoms. The Hall–Kier alpha value is -2.77. The Morgan fingerprint density at radius 1 is 0.939 bits per heavy atom. The van der Waals surface area contributed by atoms with E-state index in [9.17, 15) is 24.3 Å². The first kappa shape index (κ1) is 40.7. The molecule has 1 aromatic heterocycles. The lowest BCUT2D eigenvalue weighted by Crippen LogP contribution is -2.46. The van der Waals surface area contributed by atoms with Gasteiger partial charge in [-0.2, -0.15) is 0 Å². The summed E-state index contributed by atoms with van der Waals surface area (Å²) in [6.45, 7) is 12.2. The summed E-state index contributed by atoms with van der Waals surface area (Å²) in [5.74, 6) is -2.71.